The summed E-state index contributed by atoms with van der Waals surface area (Å²) in [5.74, 6) is 2.79. The van der Waals surface area contributed by atoms with Crippen molar-refractivity contribution in [3.8, 4) is 0 Å². The van der Waals surface area contributed by atoms with Crippen molar-refractivity contribution in [2.24, 2.45) is 11.6 Å². The summed E-state index contributed by atoms with van der Waals surface area (Å²) in [5.41, 5.74) is 6.33. The second-order valence-corrected chi connectivity index (χ2v) is 4.24. The van der Waals surface area contributed by atoms with E-state index in [0.29, 0.717) is 0 Å². The second-order valence-electron chi connectivity index (χ2n) is 4.24. The van der Waals surface area contributed by atoms with Gasteiger partial charge < -0.3 is 21.4 Å². The highest BCUT2D eigenvalue weighted by Crippen LogP contribution is 2.27. The molecule has 1 unspecified atom stereocenters. The molecule has 0 spiro atoms. The number of carboxylic acids is 2. The summed E-state index contributed by atoms with van der Waals surface area (Å²) in [4.78, 5) is 39.2. The molecule has 0 amide bonds. The fourth-order valence-electron chi connectivity index (χ4n) is 1.31. The molecular formula is C11H15N5O8. The number of hydrogen-bond donors (Lipinski definition) is 5. The van der Waals surface area contributed by atoms with E-state index < -0.39 is 33.5 Å². The topological polar surface area (TPSA) is 225 Å². The number of hydrogen-bond acceptors (Lipinski definition) is 9. The maximum absolute atomic E-state index is 10.4. The van der Waals surface area contributed by atoms with Gasteiger partial charge in [0.25, 0.3) is 5.69 Å². The smallest absolute Gasteiger partial charge is 0.320 e. The number of benzene rings is 1. The van der Waals surface area contributed by atoms with Crippen LogP contribution in [0.2, 0.25) is 0 Å². The summed E-state index contributed by atoms with van der Waals surface area (Å²) in [6.07, 6.45) is -0.224. The van der Waals surface area contributed by atoms with E-state index in [-0.39, 0.29) is 24.2 Å². The molecule has 0 aliphatic rings. The number of aliphatic carboxylic acids is 2. The van der Waals surface area contributed by atoms with Crippen LogP contribution in [-0.2, 0) is 9.59 Å². The third-order valence-corrected chi connectivity index (χ3v) is 2.53. The monoisotopic (exact) mass is 345 g/mol. The van der Waals surface area contributed by atoms with Gasteiger partial charge in [-0.1, -0.05) is 0 Å². The normalized spacial score (nSPS) is 10.8. The lowest BCUT2D eigenvalue weighted by atomic mass is 10.2. The molecule has 1 aromatic carbocycles. The summed E-state index contributed by atoms with van der Waals surface area (Å²) in [6, 6.07) is 2.09. The number of anilines is 1. The Balaban J connectivity index is 0.000000470. The van der Waals surface area contributed by atoms with Crippen LogP contribution in [0.15, 0.2) is 18.2 Å². The molecule has 132 valence electrons. The van der Waals surface area contributed by atoms with Gasteiger partial charge in [-0.15, -0.1) is 0 Å². The Hall–Kier alpha value is -3.32. The SMILES string of the molecule is NC(CCC(=O)O)C(=O)O.NNc1ccc([N+](=O)[O-])cc1[N+](=O)[O-]. The first-order valence-corrected chi connectivity index (χ1v) is 6.19. The van der Waals surface area contributed by atoms with Gasteiger partial charge in [-0.25, -0.2) is 0 Å². The van der Waals surface area contributed by atoms with E-state index >= 15 is 0 Å². The molecule has 0 aliphatic heterocycles. The van der Waals surface area contributed by atoms with Crippen LogP contribution in [0.1, 0.15) is 12.8 Å². The zero-order valence-corrected chi connectivity index (χ0v) is 12.1. The number of carbonyl (C=O) groups is 2. The Bertz CT molecular complexity index is 635. The molecule has 1 rings (SSSR count). The van der Waals surface area contributed by atoms with Gasteiger partial charge in [0.15, 0.2) is 0 Å². The van der Waals surface area contributed by atoms with E-state index in [1.54, 1.807) is 0 Å². The van der Waals surface area contributed by atoms with Gasteiger partial charge in [0.2, 0.25) is 0 Å². The van der Waals surface area contributed by atoms with Crippen LogP contribution in [0.4, 0.5) is 17.1 Å². The van der Waals surface area contributed by atoms with Crippen LogP contribution in [0, 0.1) is 20.2 Å². The van der Waals surface area contributed by atoms with Gasteiger partial charge in [0, 0.05) is 12.5 Å². The average Bonchev–Trinajstić information content (AvgIpc) is 2.52. The fraction of sp³-hybridized carbons (Fsp3) is 0.273. The summed E-state index contributed by atoms with van der Waals surface area (Å²) >= 11 is 0. The number of nitro benzene ring substituents is 2. The van der Waals surface area contributed by atoms with Gasteiger partial charge in [-0.3, -0.25) is 35.7 Å². The predicted molar refractivity (Wildman–Crippen MR) is 80.0 cm³/mol. The van der Waals surface area contributed by atoms with Crippen molar-refractivity contribution in [2.45, 2.75) is 18.9 Å². The van der Waals surface area contributed by atoms with Crippen molar-refractivity contribution >= 4 is 29.0 Å². The van der Waals surface area contributed by atoms with Gasteiger partial charge >= 0.3 is 17.6 Å². The van der Waals surface area contributed by atoms with Crippen molar-refractivity contribution in [1.82, 2.24) is 0 Å². The summed E-state index contributed by atoms with van der Waals surface area (Å²) < 4.78 is 0. The number of hydrazine groups is 1. The molecule has 1 aromatic rings. The Morgan fingerprint density at radius 1 is 1.21 bits per heavy atom. The second kappa shape index (κ2) is 9.65. The number of nitrogens with one attached hydrogen (secondary N) is 1. The molecular weight excluding hydrogens is 330 g/mol. The molecule has 0 saturated carbocycles. The van der Waals surface area contributed by atoms with E-state index in [2.05, 4.69) is 5.43 Å². The van der Waals surface area contributed by atoms with Crippen molar-refractivity contribution in [2.75, 3.05) is 5.43 Å². The fourth-order valence-corrected chi connectivity index (χ4v) is 1.31. The molecule has 0 aliphatic carbocycles. The van der Waals surface area contributed by atoms with Crippen LogP contribution in [0.5, 0.6) is 0 Å². The lowest BCUT2D eigenvalue weighted by Gasteiger charge is -2.01. The Morgan fingerprint density at radius 2 is 1.79 bits per heavy atom. The largest absolute Gasteiger partial charge is 0.481 e. The lowest BCUT2D eigenvalue weighted by Crippen LogP contribution is -2.30. The molecule has 13 heteroatoms. The Labute approximate surface area is 134 Å². The Kier molecular flexibility index (Phi) is 8.31. The minimum atomic E-state index is -1.17. The highest BCUT2D eigenvalue weighted by molar-refractivity contribution is 5.74. The minimum absolute atomic E-state index is 0.0231. The van der Waals surface area contributed by atoms with Crippen molar-refractivity contribution in [3.63, 3.8) is 0 Å². The highest BCUT2D eigenvalue weighted by Gasteiger charge is 2.18. The maximum atomic E-state index is 10.4. The number of rotatable bonds is 7. The van der Waals surface area contributed by atoms with Crippen LogP contribution in [0.25, 0.3) is 0 Å². The summed E-state index contributed by atoms with van der Waals surface area (Å²) in [6.45, 7) is 0. The number of nitro groups is 2. The number of non-ortho nitro benzene ring substituents is 1. The zero-order valence-electron chi connectivity index (χ0n) is 12.1. The number of nitrogens with zero attached hydrogens (tertiary/aromatic N) is 2. The highest BCUT2D eigenvalue weighted by atomic mass is 16.6. The van der Waals surface area contributed by atoms with Gasteiger partial charge in [-0.2, -0.15) is 0 Å². The van der Waals surface area contributed by atoms with Crippen molar-refractivity contribution in [1.29, 1.82) is 0 Å². The molecule has 0 saturated heterocycles. The Morgan fingerprint density at radius 3 is 2.17 bits per heavy atom. The first-order valence-electron chi connectivity index (χ1n) is 6.19. The van der Waals surface area contributed by atoms with E-state index in [9.17, 15) is 29.8 Å². The molecule has 0 fully saturated rings. The predicted octanol–water partition coefficient (Wildman–Crippen LogP) is 0.0517. The van der Waals surface area contributed by atoms with Gasteiger partial charge in [0.05, 0.1) is 15.9 Å². The minimum Gasteiger partial charge on any atom is -0.481 e. The molecule has 0 aromatic heterocycles. The maximum Gasteiger partial charge on any atom is 0.320 e. The van der Waals surface area contributed by atoms with E-state index in [4.69, 9.17) is 21.8 Å². The van der Waals surface area contributed by atoms with Crippen molar-refractivity contribution in [3.05, 3.63) is 38.4 Å². The third kappa shape index (κ3) is 7.10. The lowest BCUT2D eigenvalue weighted by molar-refractivity contribution is -0.393. The van der Waals surface area contributed by atoms with Crippen LogP contribution >= 0.6 is 0 Å². The molecule has 0 radical (unpaired) electrons. The quantitative estimate of drug-likeness (QED) is 0.252. The molecule has 1 atom stereocenters. The molecule has 0 bridgehead atoms. The first-order chi connectivity index (χ1) is 11.1. The number of carboxylic acid groups (broad SMARTS) is 2. The molecule has 13 nitrogen and oxygen atoms in total. The first kappa shape index (κ1) is 20.7. The molecule has 7 N–H and O–H groups in total. The summed E-state index contributed by atoms with van der Waals surface area (Å²) in [7, 11) is 0. The molecule has 24 heavy (non-hydrogen) atoms. The van der Waals surface area contributed by atoms with Crippen LogP contribution in [0.3, 0.4) is 0 Å². The van der Waals surface area contributed by atoms with Crippen LogP contribution < -0.4 is 17.0 Å². The van der Waals surface area contributed by atoms with Crippen LogP contribution in [-0.4, -0.2) is 38.0 Å². The van der Waals surface area contributed by atoms with E-state index in [1.807, 2.05) is 0 Å². The van der Waals surface area contributed by atoms with Gasteiger partial charge in [-0.05, 0) is 12.5 Å². The molecule has 0 heterocycles. The van der Waals surface area contributed by atoms with Gasteiger partial charge in [0.1, 0.15) is 11.7 Å². The average molecular weight is 345 g/mol. The van der Waals surface area contributed by atoms with E-state index in [1.165, 1.54) is 6.07 Å². The number of nitrogens with two attached hydrogens (primary N) is 2. The van der Waals surface area contributed by atoms with E-state index in [0.717, 1.165) is 12.1 Å². The van der Waals surface area contributed by atoms with Crippen molar-refractivity contribution < 1.29 is 29.6 Å². The standard InChI is InChI=1S/C6H6N4O4.C5H9NO4/c7-8-5-2-1-4(9(11)12)3-6(5)10(13)14;6-3(5(9)10)1-2-4(7)8/h1-3,8H,7H2;3H,1-2,6H2,(H,7,8)(H,9,10). The third-order valence-electron chi connectivity index (χ3n) is 2.53. The zero-order chi connectivity index (χ0) is 18.9. The number of nitrogen functional groups attached to an aromatic ring is 1. The summed E-state index contributed by atoms with van der Waals surface area (Å²) in [5, 5.41) is 37.0.